The molecule has 0 aliphatic rings. The zero-order chi connectivity index (χ0) is 29.5. The Hall–Kier alpha value is -4.14. The van der Waals surface area contributed by atoms with Gasteiger partial charge in [0.1, 0.15) is 0 Å². The number of rotatable bonds is 2. The van der Waals surface area contributed by atoms with Gasteiger partial charge in [-0.15, -0.1) is 0 Å². The maximum Gasteiger partial charge on any atom is 2.00 e. The van der Waals surface area contributed by atoms with Gasteiger partial charge < -0.3 is 30.8 Å². The molecule has 5 rings (SSSR count). The number of carbonyl (C=O) groups excluding carboxylic acids is 2. The van der Waals surface area contributed by atoms with Gasteiger partial charge in [-0.3, -0.25) is 9.97 Å². The fraction of sp³-hybridized carbons (Fsp3) is 0.235. The molecule has 0 aliphatic carbocycles. The van der Waals surface area contributed by atoms with Crippen LogP contribution < -0.4 is 10.2 Å². The third kappa shape index (κ3) is 10.9. The minimum atomic E-state index is -1.12. The number of benzene rings is 3. The Labute approximate surface area is 262 Å². The van der Waals surface area contributed by atoms with Gasteiger partial charge in [-0.25, -0.2) is 0 Å². The molecular formula is C34H38CuN2O6. The number of carboxylic acid groups (broad SMARTS) is 2. The van der Waals surface area contributed by atoms with Crippen LogP contribution in [0.3, 0.4) is 0 Å². The van der Waals surface area contributed by atoms with E-state index >= 15 is 0 Å². The predicted octanol–water partition coefficient (Wildman–Crippen LogP) is 3.83. The van der Waals surface area contributed by atoms with E-state index in [0.717, 1.165) is 32.9 Å². The summed E-state index contributed by atoms with van der Waals surface area (Å²) in [5, 5.41) is 23.2. The fourth-order valence-corrected chi connectivity index (χ4v) is 3.89. The molecule has 0 saturated heterocycles. The van der Waals surface area contributed by atoms with Crippen LogP contribution in [-0.4, -0.2) is 32.9 Å². The second-order valence-electron chi connectivity index (χ2n) is 11.4. The van der Waals surface area contributed by atoms with Crippen molar-refractivity contribution in [1.29, 1.82) is 0 Å². The molecule has 3 aromatic carbocycles. The molecule has 5 aromatic rings. The molecule has 1 radical (unpaired) electrons. The molecule has 9 heteroatoms. The third-order valence-corrected chi connectivity index (χ3v) is 6.32. The summed E-state index contributed by atoms with van der Waals surface area (Å²) >= 11 is 0. The molecule has 8 nitrogen and oxygen atoms in total. The summed E-state index contributed by atoms with van der Waals surface area (Å²) in [6, 6.07) is 25.8. The van der Waals surface area contributed by atoms with Gasteiger partial charge in [-0.1, -0.05) is 114 Å². The number of pyridine rings is 2. The van der Waals surface area contributed by atoms with E-state index in [1.807, 2.05) is 36.4 Å². The summed E-state index contributed by atoms with van der Waals surface area (Å²) in [6.07, 6.45) is 3.60. The monoisotopic (exact) mass is 633 g/mol. The Morgan fingerprint density at radius 2 is 0.837 bits per heavy atom. The van der Waals surface area contributed by atoms with Crippen LogP contribution in [0.4, 0.5) is 0 Å². The topological polar surface area (TPSA) is 169 Å². The summed E-state index contributed by atoms with van der Waals surface area (Å²) in [7, 11) is 0. The molecule has 2 heterocycles. The number of fused-ring (bicyclic) bond motifs is 3. The Morgan fingerprint density at radius 1 is 0.535 bits per heavy atom. The van der Waals surface area contributed by atoms with Crippen LogP contribution in [0.25, 0.3) is 21.8 Å². The molecule has 0 fully saturated rings. The van der Waals surface area contributed by atoms with Crippen molar-refractivity contribution in [2.24, 2.45) is 0 Å². The quantitative estimate of drug-likeness (QED) is 0.211. The van der Waals surface area contributed by atoms with Crippen LogP contribution in [0.1, 0.15) is 73.4 Å². The van der Waals surface area contributed by atoms with Gasteiger partial charge in [0, 0.05) is 23.2 Å². The van der Waals surface area contributed by atoms with Crippen molar-refractivity contribution in [1.82, 2.24) is 9.97 Å². The second-order valence-corrected chi connectivity index (χ2v) is 11.4. The first-order valence-corrected chi connectivity index (χ1v) is 13.0. The Kier molecular flexibility index (Phi) is 14.9. The largest absolute Gasteiger partial charge is 2.00 e. The van der Waals surface area contributed by atoms with E-state index in [1.54, 1.807) is 36.7 Å². The first-order valence-electron chi connectivity index (χ1n) is 13.0. The van der Waals surface area contributed by atoms with Crippen molar-refractivity contribution in [2.75, 3.05) is 0 Å². The number of carbonyl (C=O) groups is 2. The van der Waals surface area contributed by atoms with Crippen LogP contribution in [0.2, 0.25) is 0 Å². The van der Waals surface area contributed by atoms with Crippen molar-refractivity contribution in [2.45, 2.75) is 52.4 Å². The van der Waals surface area contributed by atoms with Crippen molar-refractivity contribution in [3.8, 4) is 0 Å². The number of hydrogen-bond acceptors (Lipinski definition) is 6. The second kappa shape index (κ2) is 16.5. The minimum Gasteiger partial charge on any atom is -0.545 e. The van der Waals surface area contributed by atoms with Crippen molar-refractivity contribution in [3.05, 3.63) is 120 Å². The maximum absolute atomic E-state index is 10.5. The zero-order valence-corrected chi connectivity index (χ0v) is 26.0. The molecule has 231 valence electrons. The number of nitrogens with zero attached hydrogens (tertiary/aromatic N) is 2. The summed E-state index contributed by atoms with van der Waals surface area (Å²) < 4.78 is 0. The third-order valence-electron chi connectivity index (χ3n) is 6.32. The zero-order valence-electron chi connectivity index (χ0n) is 25.1. The fourth-order valence-electron chi connectivity index (χ4n) is 3.89. The van der Waals surface area contributed by atoms with Crippen LogP contribution in [0.15, 0.2) is 97.3 Å². The molecular weight excluding hydrogens is 596 g/mol. The van der Waals surface area contributed by atoms with Gasteiger partial charge in [0.2, 0.25) is 0 Å². The molecule has 0 spiro atoms. The average Bonchev–Trinajstić information content (AvgIpc) is 2.93. The summed E-state index contributed by atoms with van der Waals surface area (Å²) in [6.45, 7) is 12.5. The molecule has 0 unspecified atom stereocenters. The Bertz CT molecular complexity index is 1490. The summed E-state index contributed by atoms with van der Waals surface area (Å²) in [4.78, 5) is 29.6. The standard InChI is InChI=1S/C12H8N2.2C11H14O2.Cu.2H2O/c1-3-9-5-6-10-4-2-8-14-12(10)11(9)13-7-1;2*1-11(2,3)9-6-4-8(5-7-9)10(12)13;;;/h1-8H;2*4-7H,1-3H3,(H,12,13);;2*1H2/q;;;+2;;/p-2. The smallest absolute Gasteiger partial charge is 0.545 e. The number of aromatic nitrogens is 2. The van der Waals surface area contributed by atoms with Gasteiger partial charge in [0.25, 0.3) is 0 Å². The van der Waals surface area contributed by atoms with E-state index in [0.29, 0.717) is 0 Å². The first-order chi connectivity index (χ1) is 18.8. The molecule has 43 heavy (non-hydrogen) atoms. The first kappa shape index (κ1) is 38.9. The van der Waals surface area contributed by atoms with Gasteiger partial charge >= 0.3 is 17.1 Å². The van der Waals surface area contributed by atoms with Crippen molar-refractivity contribution >= 4 is 33.7 Å². The van der Waals surface area contributed by atoms with E-state index in [2.05, 4.69) is 75.8 Å². The van der Waals surface area contributed by atoms with Crippen LogP contribution in [0, 0.1) is 0 Å². The average molecular weight is 634 g/mol. The minimum absolute atomic E-state index is 0. The molecule has 0 saturated carbocycles. The van der Waals surface area contributed by atoms with Crippen molar-refractivity contribution in [3.63, 3.8) is 0 Å². The SMILES string of the molecule is CC(C)(C)c1ccc(C(=O)[O-])cc1.CC(C)(C)c1ccc(C(=O)[O-])cc1.O.O.[Cu+2].c1cnc2c(c1)ccc1cccnc12. The van der Waals surface area contributed by atoms with E-state index < -0.39 is 11.9 Å². The number of aromatic carboxylic acids is 2. The van der Waals surface area contributed by atoms with E-state index in [9.17, 15) is 19.8 Å². The van der Waals surface area contributed by atoms with Gasteiger partial charge in [0.05, 0.1) is 23.0 Å². The molecule has 0 amide bonds. The predicted molar refractivity (Wildman–Crippen MR) is 163 cm³/mol. The Balaban J connectivity index is 0.000000596. The van der Waals surface area contributed by atoms with Gasteiger partial charge in [0.15, 0.2) is 0 Å². The van der Waals surface area contributed by atoms with Gasteiger partial charge in [-0.05, 0) is 45.2 Å². The summed E-state index contributed by atoms with van der Waals surface area (Å²) in [5.74, 6) is -2.25. The number of carboxylic acids is 2. The normalized spacial score (nSPS) is 10.4. The van der Waals surface area contributed by atoms with E-state index in [4.69, 9.17) is 0 Å². The molecule has 0 aliphatic heterocycles. The maximum atomic E-state index is 10.5. The van der Waals surface area contributed by atoms with E-state index in [-0.39, 0.29) is 50.0 Å². The Morgan fingerprint density at radius 3 is 1.09 bits per heavy atom. The van der Waals surface area contributed by atoms with Crippen LogP contribution in [0.5, 0.6) is 0 Å². The van der Waals surface area contributed by atoms with Crippen molar-refractivity contribution < 1.29 is 47.8 Å². The van der Waals surface area contributed by atoms with Crippen LogP contribution >= 0.6 is 0 Å². The molecule has 2 aromatic heterocycles. The van der Waals surface area contributed by atoms with E-state index in [1.165, 1.54) is 0 Å². The summed E-state index contributed by atoms with van der Waals surface area (Å²) in [5.41, 5.74) is 4.78. The molecule has 4 N–H and O–H groups in total. The van der Waals surface area contributed by atoms with Crippen LogP contribution in [-0.2, 0) is 27.9 Å². The molecule has 0 atom stereocenters. The number of hydrogen-bond donors (Lipinski definition) is 0. The van der Waals surface area contributed by atoms with Gasteiger partial charge in [-0.2, -0.15) is 0 Å². The molecule has 0 bridgehead atoms.